The maximum absolute atomic E-state index is 12.1. The van der Waals surface area contributed by atoms with Gasteiger partial charge in [0.1, 0.15) is 0 Å². The number of hydrogen-bond donors (Lipinski definition) is 0. The minimum Gasteiger partial charge on any atom is -0.452 e. The predicted octanol–water partition coefficient (Wildman–Crippen LogP) is 5.20. The van der Waals surface area contributed by atoms with E-state index in [4.69, 9.17) is 32.4 Å². The highest BCUT2D eigenvalue weighted by molar-refractivity contribution is 6.35. The second-order valence-corrected chi connectivity index (χ2v) is 6.70. The number of esters is 1. The quantitative estimate of drug-likeness (QED) is 0.560. The molecule has 3 aromatic rings. The smallest absolute Gasteiger partial charge is 0.311 e. The second-order valence-electron chi connectivity index (χ2n) is 5.86. The van der Waals surface area contributed by atoms with Crippen molar-refractivity contribution in [3.8, 4) is 11.5 Å². The van der Waals surface area contributed by atoms with E-state index in [1.54, 1.807) is 25.1 Å². The van der Waals surface area contributed by atoms with E-state index in [-0.39, 0.29) is 12.3 Å². The van der Waals surface area contributed by atoms with Gasteiger partial charge in [-0.2, -0.15) is 0 Å². The summed E-state index contributed by atoms with van der Waals surface area (Å²) in [6.07, 6.45) is -0.639. The largest absolute Gasteiger partial charge is 0.452 e. The van der Waals surface area contributed by atoms with Gasteiger partial charge in [-0.3, -0.25) is 4.79 Å². The summed E-state index contributed by atoms with van der Waals surface area (Å²) in [5, 5.41) is 8.90. The number of ether oxygens (including phenoxy) is 1. The predicted molar refractivity (Wildman–Crippen MR) is 99.1 cm³/mol. The molecular weight excluding hydrogens is 375 g/mol. The zero-order valence-corrected chi connectivity index (χ0v) is 15.7. The maximum atomic E-state index is 12.1. The molecule has 0 spiro atoms. The Morgan fingerprint density at radius 2 is 1.88 bits per heavy atom. The van der Waals surface area contributed by atoms with Crippen LogP contribution in [0.2, 0.25) is 10.0 Å². The maximum Gasteiger partial charge on any atom is 0.311 e. The van der Waals surface area contributed by atoms with Gasteiger partial charge in [-0.25, -0.2) is 0 Å². The molecular formula is C19H16Cl2N2O3. The Labute approximate surface area is 160 Å². The van der Waals surface area contributed by atoms with Crippen molar-refractivity contribution in [1.82, 2.24) is 10.2 Å². The number of aryl methyl sites for hydroxylation is 1. The Balaban J connectivity index is 1.65. The number of nitrogens with zero attached hydrogens (tertiary/aromatic N) is 2. The summed E-state index contributed by atoms with van der Waals surface area (Å²) >= 11 is 11.9. The van der Waals surface area contributed by atoms with Crippen LogP contribution < -0.4 is 0 Å². The van der Waals surface area contributed by atoms with Crippen molar-refractivity contribution in [1.29, 1.82) is 0 Å². The van der Waals surface area contributed by atoms with Crippen molar-refractivity contribution in [2.24, 2.45) is 0 Å². The molecule has 0 fully saturated rings. The lowest BCUT2D eigenvalue weighted by Crippen LogP contribution is -2.12. The number of carbonyl (C=O) groups is 1. The SMILES string of the molecule is Cc1ccc(-c2nnc([C@H](C)OC(=O)Cc3ccc(Cl)cc3Cl)o2)cc1. The average molecular weight is 391 g/mol. The molecule has 0 aliphatic carbocycles. The van der Waals surface area contributed by atoms with Crippen LogP contribution in [0, 0.1) is 6.92 Å². The van der Waals surface area contributed by atoms with Gasteiger partial charge in [0.25, 0.3) is 5.89 Å². The average Bonchev–Trinajstić information content (AvgIpc) is 3.08. The zero-order valence-electron chi connectivity index (χ0n) is 14.2. The lowest BCUT2D eigenvalue weighted by molar-refractivity contribution is -0.148. The molecule has 0 radical (unpaired) electrons. The molecule has 134 valence electrons. The van der Waals surface area contributed by atoms with Gasteiger partial charge in [0.2, 0.25) is 5.89 Å². The van der Waals surface area contributed by atoms with Crippen LogP contribution in [-0.2, 0) is 16.0 Å². The van der Waals surface area contributed by atoms with Crippen LogP contribution in [-0.4, -0.2) is 16.2 Å². The summed E-state index contributed by atoms with van der Waals surface area (Å²) in [6.45, 7) is 3.67. The normalized spacial score (nSPS) is 12.0. The lowest BCUT2D eigenvalue weighted by atomic mass is 10.1. The van der Waals surface area contributed by atoms with Crippen molar-refractivity contribution in [2.75, 3.05) is 0 Å². The standard InChI is InChI=1S/C19H16Cl2N2O3/c1-11-3-5-13(6-4-11)19-23-22-18(26-19)12(2)25-17(24)9-14-7-8-15(20)10-16(14)21/h3-8,10,12H,9H2,1-2H3/t12-/m0/s1. The van der Waals surface area contributed by atoms with Gasteiger partial charge in [-0.05, 0) is 43.7 Å². The molecule has 0 saturated carbocycles. The third-order valence-corrected chi connectivity index (χ3v) is 4.33. The molecule has 0 amide bonds. The van der Waals surface area contributed by atoms with E-state index in [9.17, 15) is 4.79 Å². The molecule has 0 N–H and O–H groups in total. The van der Waals surface area contributed by atoms with E-state index in [0.717, 1.165) is 11.1 Å². The number of aromatic nitrogens is 2. The Kier molecular flexibility index (Phi) is 5.59. The van der Waals surface area contributed by atoms with E-state index >= 15 is 0 Å². The lowest BCUT2D eigenvalue weighted by Gasteiger charge is -2.10. The fraction of sp³-hybridized carbons (Fsp3) is 0.211. The van der Waals surface area contributed by atoms with Gasteiger partial charge < -0.3 is 9.15 Å². The van der Waals surface area contributed by atoms with Crippen molar-refractivity contribution >= 4 is 29.2 Å². The summed E-state index contributed by atoms with van der Waals surface area (Å²) in [6, 6.07) is 12.7. The number of benzene rings is 2. The fourth-order valence-corrected chi connectivity index (χ4v) is 2.80. The van der Waals surface area contributed by atoms with E-state index < -0.39 is 12.1 Å². The summed E-state index contributed by atoms with van der Waals surface area (Å²) < 4.78 is 11.0. The molecule has 1 heterocycles. The second kappa shape index (κ2) is 7.89. The zero-order chi connectivity index (χ0) is 18.7. The monoisotopic (exact) mass is 390 g/mol. The van der Waals surface area contributed by atoms with Crippen LogP contribution in [0.1, 0.15) is 30.0 Å². The molecule has 0 aliphatic rings. The summed E-state index contributed by atoms with van der Waals surface area (Å²) in [4.78, 5) is 12.1. The van der Waals surface area contributed by atoms with Gasteiger partial charge >= 0.3 is 5.97 Å². The molecule has 26 heavy (non-hydrogen) atoms. The van der Waals surface area contributed by atoms with Crippen LogP contribution in [0.15, 0.2) is 46.9 Å². The molecule has 1 aromatic heterocycles. The summed E-state index contributed by atoms with van der Waals surface area (Å²) in [5.41, 5.74) is 2.58. The van der Waals surface area contributed by atoms with Crippen molar-refractivity contribution in [2.45, 2.75) is 26.4 Å². The summed E-state index contributed by atoms with van der Waals surface area (Å²) in [7, 11) is 0. The highest BCUT2D eigenvalue weighted by Gasteiger charge is 2.20. The molecule has 2 aromatic carbocycles. The Hall–Kier alpha value is -2.37. The molecule has 0 saturated heterocycles. The Bertz CT molecular complexity index is 923. The molecule has 7 heteroatoms. The number of carbonyl (C=O) groups excluding carboxylic acids is 1. The van der Waals surface area contributed by atoms with Crippen molar-refractivity contribution in [3.63, 3.8) is 0 Å². The van der Waals surface area contributed by atoms with Gasteiger partial charge in [0, 0.05) is 15.6 Å². The van der Waals surface area contributed by atoms with Crippen LogP contribution in [0.3, 0.4) is 0 Å². The van der Waals surface area contributed by atoms with Crippen molar-refractivity contribution < 1.29 is 13.9 Å². The Morgan fingerprint density at radius 3 is 2.58 bits per heavy atom. The number of hydrogen-bond acceptors (Lipinski definition) is 5. The Morgan fingerprint density at radius 1 is 1.15 bits per heavy atom. The molecule has 1 atom stereocenters. The van der Waals surface area contributed by atoms with Crippen molar-refractivity contribution in [3.05, 3.63) is 69.5 Å². The first kappa shape index (κ1) is 18.4. The van der Waals surface area contributed by atoms with Crippen LogP contribution in [0.4, 0.5) is 0 Å². The molecule has 0 bridgehead atoms. The minimum atomic E-state index is -0.666. The first-order chi connectivity index (χ1) is 12.4. The van der Waals surface area contributed by atoms with Gasteiger partial charge in [-0.1, -0.05) is 47.0 Å². The van der Waals surface area contributed by atoms with Crippen LogP contribution >= 0.6 is 23.2 Å². The molecule has 5 nitrogen and oxygen atoms in total. The minimum absolute atomic E-state index is 0.0271. The third kappa shape index (κ3) is 4.42. The van der Waals surface area contributed by atoms with E-state index in [2.05, 4.69) is 10.2 Å². The number of rotatable bonds is 5. The van der Waals surface area contributed by atoms with Gasteiger partial charge in [0.05, 0.1) is 6.42 Å². The van der Waals surface area contributed by atoms with E-state index in [1.165, 1.54) is 0 Å². The first-order valence-corrected chi connectivity index (χ1v) is 8.72. The summed E-state index contributed by atoms with van der Waals surface area (Å²) in [5.74, 6) is 0.164. The molecule has 0 unspecified atom stereocenters. The first-order valence-electron chi connectivity index (χ1n) is 7.96. The fourth-order valence-electron chi connectivity index (χ4n) is 2.32. The third-order valence-electron chi connectivity index (χ3n) is 3.75. The van der Waals surface area contributed by atoms with Gasteiger partial charge in [-0.15, -0.1) is 10.2 Å². The van der Waals surface area contributed by atoms with E-state index in [0.29, 0.717) is 21.5 Å². The highest BCUT2D eigenvalue weighted by Crippen LogP contribution is 2.25. The van der Waals surface area contributed by atoms with E-state index in [1.807, 2.05) is 31.2 Å². The molecule has 3 rings (SSSR count). The highest BCUT2D eigenvalue weighted by atomic mass is 35.5. The topological polar surface area (TPSA) is 65.2 Å². The van der Waals surface area contributed by atoms with Crippen LogP contribution in [0.5, 0.6) is 0 Å². The molecule has 0 aliphatic heterocycles. The van der Waals surface area contributed by atoms with Gasteiger partial charge in [0.15, 0.2) is 6.10 Å². The van der Waals surface area contributed by atoms with Crippen LogP contribution in [0.25, 0.3) is 11.5 Å². The number of halogens is 2.